The number of nitrogens with zero attached hydrogens (tertiary/aromatic N) is 3. The largest absolute Gasteiger partial charge is 0.297 e. The van der Waals surface area contributed by atoms with E-state index in [1.54, 1.807) is 0 Å². The Bertz CT molecular complexity index is 745. The molecule has 0 aliphatic heterocycles. The zero-order valence-corrected chi connectivity index (χ0v) is 12.1. The molecule has 108 valence electrons. The fourth-order valence-electron chi connectivity index (χ4n) is 1.77. The fraction of sp³-hybridized carbons (Fsp3) is 0.273. The van der Waals surface area contributed by atoms with Crippen molar-refractivity contribution in [2.45, 2.75) is 25.0 Å². The second kappa shape index (κ2) is 5.47. The van der Waals surface area contributed by atoms with Gasteiger partial charge in [-0.15, -0.1) is 10.2 Å². The molecule has 0 aliphatic carbocycles. The Balaban J connectivity index is 2.62. The van der Waals surface area contributed by atoms with E-state index in [0.29, 0.717) is 18.5 Å². The van der Waals surface area contributed by atoms with E-state index in [1.165, 1.54) is 22.8 Å². The van der Waals surface area contributed by atoms with Crippen molar-refractivity contribution in [3.63, 3.8) is 0 Å². The van der Waals surface area contributed by atoms with Crippen molar-refractivity contribution in [1.82, 2.24) is 14.8 Å². The molecule has 20 heavy (non-hydrogen) atoms. The maximum Gasteiger partial charge on any atom is 0.273 e. The first kappa shape index (κ1) is 14.9. The number of halogens is 2. The zero-order valence-electron chi connectivity index (χ0n) is 10.5. The third kappa shape index (κ3) is 2.82. The van der Waals surface area contributed by atoms with E-state index >= 15 is 0 Å². The number of sulfonamides is 1. The van der Waals surface area contributed by atoms with Crippen LogP contribution < -0.4 is 5.14 Å². The molecule has 1 aromatic heterocycles. The fourth-order valence-corrected chi connectivity index (χ4v) is 2.53. The van der Waals surface area contributed by atoms with Crippen molar-refractivity contribution < 1.29 is 12.8 Å². The molecule has 0 saturated carbocycles. The summed E-state index contributed by atoms with van der Waals surface area (Å²) in [5, 5.41) is 12.1. The van der Waals surface area contributed by atoms with Crippen LogP contribution >= 0.6 is 11.6 Å². The number of aromatic nitrogens is 3. The Labute approximate surface area is 120 Å². The monoisotopic (exact) mass is 318 g/mol. The van der Waals surface area contributed by atoms with Gasteiger partial charge in [0.05, 0.1) is 5.02 Å². The lowest BCUT2D eigenvalue weighted by Gasteiger charge is -2.08. The van der Waals surface area contributed by atoms with Gasteiger partial charge in [-0.2, -0.15) is 0 Å². The number of hydrogen-bond acceptors (Lipinski definition) is 4. The molecule has 1 aromatic carbocycles. The number of nitrogens with two attached hydrogens (primary N) is 1. The Morgan fingerprint density at radius 2 is 2.10 bits per heavy atom. The van der Waals surface area contributed by atoms with Crippen molar-refractivity contribution >= 4 is 21.6 Å². The maximum absolute atomic E-state index is 13.5. The number of rotatable bonds is 4. The summed E-state index contributed by atoms with van der Waals surface area (Å²) in [4.78, 5) is 0. The SMILES string of the molecule is CCCn1c(-c2ccc(Cl)c(F)c2)nnc1S(N)(=O)=O. The lowest BCUT2D eigenvalue weighted by Crippen LogP contribution is -2.19. The van der Waals surface area contributed by atoms with Crippen LogP contribution in [0.4, 0.5) is 4.39 Å². The molecule has 0 fully saturated rings. The molecule has 6 nitrogen and oxygen atoms in total. The van der Waals surface area contributed by atoms with Gasteiger partial charge >= 0.3 is 0 Å². The first-order chi connectivity index (χ1) is 9.34. The van der Waals surface area contributed by atoms with Gasteiger partial charge < -0.3 is 0 Å². The smallest absolute Gasteiger partial charge is 0.273 e. The summed E-state index contributed by atoms with van der Waals surface area (Å²) in [6.07, 6.45) is 0.642. The highest BCUT2D eigenvalue weighted by atomic mass is 35.5. The summed E-state index contributed by atoms with van der Waals surface area (Å²) < 4.78 is 37.7. The standard InChI is InChI=1S/C11H12ClFN4O2S/c1-2-5-17-10(15-16-11(17)20(14,18)19)7-3-4-8(12)9(13)6-7/h3-4,6H,2,5H2,1H3,(H2,14,18,19). The molecule has 2 N–H and O–H groups in total. The van der Waals surface area contributed by atoms with E-state index in [0.717, 1.165) is 0 Å². The highest BCUT2D eigenvalue weighted by molar-refractivity contribution is 7.89. The minimum Gasteiger partial charge on any atom is -0.297 e. The first-order valence-electron chi connectivity index (χ1n) is 5.76. The molecule has 0 aliphatic rings. The molecule has 0 unspecified atom stereocenters. The Morgan fingerprint density at radius 1 is 1.40 bits per heavy atom. The van der Waals surface area contributed by atoms with Gasteiger partial charge in [-0.25, -0.2) is 17.9 Å². The van der Waals surface area contributed by atoms with Gasteiger partial charge in [0.25, 0.3) is 15.2 Å². The van der Waals surface area contributed by atoms with Crippen LogP contribution in [-0.2, 0) is 16.6 Å². The molecule has 0 saturated heterocycles. The molecule has 0 radical (unpaired) electrons. The van der Waals surface area contributed by atoms with Gasteiger partial charge in [0.2, 0.25) is 0 Å². The quantitative estimate of drug-likeness (QED) is 0.930. The van der Waals surface area contributed by atoms with Gasteiger partial charge in [0, 0.05) is 12.1 Å². The maximum atomic E-state index is 13.5. The van der Waals surface area contributed by atoms with Crippen LogP contribution in [-0.4, -0.2) is 23.2 Å². The first-order valence-corrected chi connectivity index (χ1v) is 7.68. The zero-order chi connectivity index (χ0) is 14.9. The molecule has 2 rings (SSSR count). The van der Waals surface area contributed by atoms with Crippen molar-refractivity contribution in [1.29, 1.82) is 0 Å². The highest BCUT2D eigenvalue weighted by Gasteiger charge is 2.21. The molecule has 1 heterocycles. The second-order valence-corrected chi connectivity index (χ2v) is 5.99. The molecule has 2 aromatic rings. The van der Waals surface area contributed by atoms with Crippen molar-refractivity contribution in [2.24, 2.45) is 5.14 Å². The number of hydrogen-bond donors (Lipinski definition) is 1. The normalized spacial score (nSPS) is 11.8. The highest BCUT2D eigenvalue weighted by Crippen LogP contribution is 2.24. The lowest BCUT2D eigenvalue weighted by molar-refractivity contribution is 0.559. The number of benzene rings is 1. The van der Waals surface area contributed by atoms with Crippen LogP contribution in [0.3, 0.4) is 0 Å². The Morgan fingerprint density at radius 3 is 2.65 bits per heavy atom. The van der Waals surface area contributed by atoms with E-state index in [9.17, 15) is 12.8 Å². The topological polar surface area (TPSA) is 90.9 Å². The minimum absolute atomic E-state index is 0.0259. The summed E-state index contributed by atoms with van der Waals surface area (Å²) in [6, 6.07) is 4.08. The predicted molar refractivity (Wildman–Crippen MR) is 72.1 cm³/mol. The summed E-state index contributed by atoms with van der Waals surface area (Å²) in [5.41, 5.74) is 0.378. The molecule has 0 spiro atoms. The van der Waals surface area contributed by atoms with E-state index in [-0.39, 0.29) is 16.0 Å². The third-order valence-corrected chi connectivity index (χ3v) is 3.71. The summed E-state index contributed by atoms with van der Waals surface area (Å²) in [7, 11) is -3.99. The lowest BCUT2D eigenvalue weighted by atomic mass is 10.2. The van der Waals surface area contributed by atoms with E-state index < -0.39 is 15.8 Å². The average molecular weight is 319 g/mol. The summed E-state index contributed by atoms with van der Waals surface area (Å²) in [6.45, 7) is 2.21. The van der Waals surface area contributed by atoms with E-state index in [1.807, 2.05) is 6.92 Å². The van der Waals surface area contributed by atoms with Gasteiger partial charge in [-0.1, -0.05) is 18.5 Å². The average Bonchev–Trinajstić information content (AvgIpc) is 2.77. The molecule has 0 bridgehead atoms. The van der Waals surface area contributed by atoms with Crippen molar-refractivity contribution in [3.8, 4) is 11.4 Å². The minimum atomic E-state index is -3.99. The van der Waals surface area contributed by atoms with Gasteiger partial charge in [0.15, 0.2) is 5.82 Å². The predicted octanol–water partition coefficient (Wildman–Crippen LogP) is 1.79. The number of primary sulfonamides is 1. The van der Waals surface area contributed by atoms with Crippen molar-refractivity contribution in [2.75, 3.05) is 0 Å². The van der Waals surface area contributed by atoms with Gasteiger partial charge in [-0.05, 0) is 24.6 Å². The van der Waals surface area contributed by atoms with Gasteiger partial charge in [-0.3, -0.25) is 4.57 Å². The molecule has 0 atom stereocenters. The van der Waals surface area contributed by atoms with Crippen LogP contribution in [0.2, 0.25) is 5.02 Å². The van der Waals surface area contributed by atoms with Crippen LogP contribution in [0.5, 0.6) is 0 Å². The van der Waals surface area contributed by atoms with E-state index in [4.69, 9.17) is 16.7 Å². The van der Waals surface area contributed by atoms with Crippen molar-refractivity contribution in [3.05, 3.63) is 29.0 Å². The molecular weight excluding hydrogens is 307 g/mol. The van der Waals surface area contributed by atoms with Crippen LogP contribution in [0.15, 0.2) is 23.4 Å². The molecule has 0 amide bonds. The summed E-state index contributed by atoms with van der Waals surface area (Å²) >= 11 is 5.61. The van der Waals surface area contributed by atoms with Gasteiger partial charge in [0.1, 0.15) is 5.82 Å². The molecule has 9 heteroatoms. The van der Waals surface area contributed by atoms with Crippen LogP contribution in [0.25, 0.3) is 11.4 Å². The molecular formula is C11H12ClFN4O2S. The summed E-state index contributed by atoms with van der Waals surface area (Å²) in [5.74, 6) is -0.390. The second-order valence-electron chi connectivity index (χ2n) is 4.13. The Kier molecular flexibility index (Phi) is 4.07. The van der Waals surface area contributed by atoms with E-state index in [2.05, 4.69) is 10.2 Å². The Hall–Kier alpha value is -1.51. The third-order valence-electron chi connectivity index (χ3n) is 2.60. The van der Waals surface area contributed by atoms with Crippen LogP contribution in [0, 0.1) is 5.82 Å². The van der Waals surface area contributed by atoms with Crippen LogP contribution in [0.1, 0.15) is 13.3 Å².